The van der Waals surface area contributed by atoms with Crippen molar-refractivity contribution in [2.75, 3.05) is 37.0 Å². The number of nitrogens with zero attached hydrogens (tertiary/aromatic N) is 3. The molecule has 36 heavy (non-hydrogen) atoms. The summed E-state index contributed by atoms with van der Waals surface area (Å²) in [5, 5.41) is 6.72. The van der Waals surface area contributed by atoms with Gasteiger partial charge in [-0.1, -0.05) is 18.2 Å². The number of hydrogen-bond donors (Lipinski definition) is 3. The van der Waals surface area contributed by atoms with Crippen LogP contribution in [-0.2, 0) is 16.4 Å². The van der Waals surface area contributed by atoms with Gasteiger partial charge in [-0.3, -0.25) is 0 Å². The lowest BCUT2D eigenvalue weighted by atomic mass is 9.89. The van der Waals surface area contributed by atoms with Crippen LogP contribution in [-0.4, -0.2) is 49.7 Å². The van der Waals surface area contributed by atoms with Crippen molar-refractivity contribution in [1.82, 2.24) is 19.6 Å². The number of likely N-dealkylation sites (tertiary alicyclic amines) is 1. The molecule has 1 fully saturated rings. The molecule has 1 aromatic heterocycles. The molecule has 3 aromatic rings. The van der Waals surface area contributed by atoms with Gasteiger partial charge in [0.25, 0.3) is 0 Å². The van der Waals surface area contributed by atoms with E-state index in [0.717, 1.165) is 48.4 Å². The zero-order chi connectivity index (χ0) is 25.3. The maximum atomic E-state index is 11.8. The van der Waals surface area contributed by atoms with Gasteiger partial charge in [-0.15, -0.1) is 0 Å². The van der Waals surface area contributed by atoms with Crippen LogP contribution in [0.5, 0.6) is 0 Å². The second kappa shape index (κ2) is 10.2. The van der Waals surface area contributed by atoms with E-state index in [1.807, 2.05) is 19.1 Å². The molecule has 2 aromatic carbocycles. The van der Waals surface area contributed by atoms with Gasteiger partial charge in [-0.25, -0.2) is 18.1 Å². The Labute approximate surface area is 213 Å². The first-order valence-corrected chi connectivity index (χ1v) is 14.4. The first kappa shape index (κ1) is 24.7. The van der Waals surface area contributed by atoms with Gasteiger partial charge < -0.3 is 15.5 Å². The van der Waals surface area contributed by atoms with Crippen LogP contribution >= 0.6 is 0 Å². The number of aryl methyl sites for hydroxylation is 2. The molecule has 0 amide bonds. The molecule has 0 spiro atoms. The molecule has 0 saturated carbocycles. The van der Waals surface area contributed by atoms with Gasteiger partial charge in [0, 0.05) is 29.2 Å². The number of piperidine rings is 1. The molecule has 9 heteroatoms. The van der Waals surface area contributed by atoms with Crippen molar-refractivity contribution in [3.63, 3.8) is 0 Å². The Morgan fingerprint density at radius 2 is 1.69 bits per heavy atom. The summed E-state index contributed by atoms with van der Waals surface area (Å²) in [4.78, 5) is 11.6. The minimum Gasteiger partial charge on any atom is -0.340 e. The molecule has 2 aliphatic rings. The monoisotopic (exact) mass is 506 g/mol. The average molecular weight is 507 g/mol. The Kier molecular flexibility index (Phi) is 6.96. The Hall–Kier alpha value is -3.01. The largest absolute Gasteiger partial charge is 0.340 e. The molecule has 1 unspecified atom stereocenters. The topological polar surface area (TPSA) is 99.2 Å². The summed E-state index contributed by atoms with van der Waals surface area (Å²) >= 11 is 0. The Bertz CT molecular complexity index is 1330. The highest BCUT2D eigenvalue weighted by atomic mass is 32.2. The molecule has 1 saturated heterocycles. The van der Waals surface area contributed by atoms with Crippen LogP contribution in [0.3, 0.4) is 0 Å². The van der Waals surface area contributed by atoms with Crippen molar-refractivity contribution in [2.24, 2.45) is 0 Å². The number of sulfonamides is 1. The summed E-state index contributed by atoms with van der Waals surface area (Å²) in [6, 6.07) is 14.5. The molecule has 8 nitrogen and oxygen atoms in total. The number of aromatic nitrogens is 2. The van der Waals surface area contributed by atoms with Crippen molar-refractivity contribution in [2.45, 2.75) is 44.6 Å². The van der Waals surface area contributed by atoms with Crippen molar-refractivity contribution in [3.8, 4) is 0 Å². The van der Waals surface area contributed by atoms with Crippen LogP contribution < -0.4 is 15.4 Å². The normalized spacial score (nSPS) is 18.7. The molecular formula is C27H34N6O2S. The number of hydrogen-bond acceptors (Lipinski definition) is 7. The summed E-state index contributed by atoms with van der Waals surface area (Å²) in [6.07, 6.45) is 7.03. The minimum atomic E-state index is -3.28. The standard InChI is InChI=1S/C27H34N6O2S/c1-18-17-28-27(30-22-8-4-19(5-9-22)20-12-14-33(2)15-13-20)31-26(18)29-23-10-6-21-7-11-25(24(21)16-23)32-36(3,34)35/h4-6,8-10,16-17,20,25,32H,7,11-15H2,1-3H3,(H2,28,29,30,31). The predicted molar refractivity (Wildman–Crippen MR) is 145 cm³/mol. The third kappa shape index (κ3) is 5.86. The van der Waals surface area contributed by atoms with E-state index >= 15 is 0 Å². The SMILES string of the molecule is Cc1cnc(Nc2ccc(C3CCN(C)CC3)cc2)nc1Nc1ccc2c(c1)C(NS(C)(=O)=O)CC2. The third-order valence-electron chi connectivity index (χ3n) is 7.17. The lowest BCUT2D eigenvalue weighted by Gasteiger charge is -2.29. The van der Waals surface area contributed by atoms with Crippen LogP contribution in [0.15, 0.2) is 48.7 Å². The Balaban J connectivity index is 1.28. The van der Waals surface area contributed by atoms with Crippen LogP contribution in [0, 0.1) is 6.92 Å². The van der Waals surface area contributed by atoms with Crippen molar-refractivity contribution in [3.05, 3.63) is 70.9 Å². The van der Waals surface area contributed by atoms with Crippen molar-refractivity contribution in [1.29, 1.82) is 0 Å². The summed E-state index contributed by atoms with van der Waals surface area (Å²) in [7, 11) is -1.09. The van der Waals surface area contributed by atoms with Crippen molar-refractivity contribution < 1.29 is 8.42 Å². The van der Waals surface area contributed by atoms with Gasteiger partial charge in [-0.2, -0.15) is 4.98 Å². The molecule has 1 aliphatic heterocycles. The first-order valence-electron chi connectivity index (χ1n) is 12.5. The van der Waals surface area contributed by atoms with Crippen LogP contribution in [0.2, 0.25) is 0 Å². The maximum absolute atomic E-state index is 11.8. The van der Waals surface area contributed by atoms with E-state index in [0.29, 0.717) is 17.7 Å². The van der Waals surface area contributed by atoms with Gasteiger partial charge in [0.05, 0.1) is 6.26 Å². The van der Waals surface area contributed by atoms with Gasteiger partial charge in [-0.05, 0) is 99.6 Å². The fraction of sp³-hybridized carbons (Fsp3) is 0.407. The maximum Gasteiger partial charge on any atom is 0.229 e. The van der Waals surface area contributed by atoms with Gasteiger partial charge in [0.1, 0.15) is 5.82 Å². The van der Waals surface area contributed by atoms with E-state index in [1.54, 1.807) is 6.20 Å². The molecule has 1 aliphatic carbocycles. The van der Waals surface area contributed by atoms with E-state index in [4.69, 9.17) is 4.98 Å². The molecular weight excluding hydrogens is 472 g/mol. The second-order valence-corrected chi connectivity index (χ2v) is 11.8. The van der Waals surface area contributed by atoms with Gasteiger partial charge in [0.2, 0.25) is 16.0 Å². The highest BCUT2D eigenvalue weighted by molar-refractivity contribution is 7.88. The molecule has 3 N–H and O–H groups in total. The molecule has 2 heterocycles. The molecule has 190 valence electrons. The number of benzene rings is 2. The Morgan fingerprint density at radius 3 is 2.42 bits per heavy atom. The predicted octanol–water partition coefficient (Wildman–Crippen LogP) is 4.62. The molecule has 5 rings (SSSR count). The van der Waals surface area contributed by atoms with E-state index in [2.05, 4.69) is 62.6 Å². The number of anilines is 4. The number of rotatable bonds is 7. The lowest BCUT2D eigenvalue weighted by Crippen LogP contribution is -2.29. The average Bonchev–Trinajstić information content (AvgIpc) is 3.23. The number of nitrogens with one attached hydrogen (secondary N) is 3. The van der Waals surface area contributed by atoms with E-state index in [1.165, 1.54) is 30.2 Å². The molecule has 0 bridgehead atoms. The zero-order valence-electron chi connectivity index (χ0n) is 21.1. The summed E-state index contributed by atoms with van der Waals surface area (Å²) in [5.41, 5.74) is 6.32. The van der Waals surface area contributed by atoms with E-state index in [-0.39, 0.29) is 6.04 Å². The quantitative estimate of drug-likeness (QED) is 0.430. The highest BCUT2D eigenvalue weighted by Crippen LogP contribution is 2.34. The van der Waals surface area contributed by atoms with Crippen molar-refractivity contribution >= 4 is 33.2 Å². The molecule has 1 atom stereocenters. The van der Waals surface area contributed by atoms with E-state index in [9.17, 15) is 8.42 Å². The van der Waals surface area contributed by atoms with Crippen LogP contribution in [0.1, 0.15) is 53.5 Å². The van der Waals surface area contributed by atoms with Gasteiger partial charge in [0.15, 0.2) is 0 Å². The van der Waals surface area contributed by atoms with E-state index < -0.39 is 10.0 Å². The lowest BCUT2D eigenvalue weighted by molar-refractivity contribution is 0.255. The van der Waals surface area contributed by atoms with Crippen LogP contribution in [0.25, 0.3) is 0 Å². The summed E-state index contributed by atoms with van der Waals surface area (Å²) < 4.78 is 26.3. The first-order chi connectivity index (χ1) is 17.2. The molecule has 0 radical (unpaired) electrons. The summed E-state index contributed by atoms with van der Waals surface area (Å²) in [6.45, 7) is 4.26. The fourth-order valence-corrected chi connectivity index (χ4v) is 5.90. The Morgan fingerprint density at radius 1 is 0.972 bits per heavy atom. The summed E-state index contributed by atoms with van der Waals surface area (Å²) in [5.74, 6) is 1.86. The third-order valence-corrected chi connectivity index (χ3v) is 7.88. The highest BCUT2D eigenvalue weighted by Gasteiger charge is 2.25. The zero-order valence-corrected chi connectivity index (χ0v) is 21.9. The van der Waals surface area contributed by atoms with Crippen LogP contribution in [0.4, 0.5) is 23.1 Å². The van der Waals surface area contributed by atoms with Gasteiger partial charge >= 0.3 is 0 Å². The fourth-order valence-electron chi connectivity index (χ4n) is 5.14. The number of fused-ring (bicyclic) bond motifs is 1. The second-order valence-electron chi connectivity index (χ2n) is 10.1. The smallest absolute Gasteiger partial charge is 0.229 e. The minimum absolute atomic E-state index is 0.196.